The number of ether oxygens (including phenoxy) is 1. The molecule has 1 aliphatic rings. The summed E-state index contributed by atoms with van der Waals surface area (Å²) in [5.41, 5.74) is 5.90. The third-order valence-electron chi connectivity index (χ3n) is 1.77. The van der Waals surface area contributed by atoms with Gasteiger partial charge >= 0.3 is 0 Å². The average molecular weight is 170 g/mol. The van der Waals surface area contributed by atoms with E-state index in [2.05, 4.69) is 4.98 Å². The average Bonchev–Trinajstić information content (AvgIpc) is 2.49. The second-order valence-electron chi connectivity index (χ2n) is 2.65. The van der Waals surface area contributed by atoms with E-state index in [1.807, 2.05) is 0 Å². The maximum atomic E-state index is 9.38. The Kier molecular flexibility index (Phi) is 1.84. The fourth-order valence-electron chi connectivity index (χ4n) is 1.21. The van der Waals surface area contributed by atoms with Gasteiger partial charge in [-0.05, 0) is 0 Å². The van der Waals surface area contributed by atoms with E-state index in [9.17, 15) is 5.11 Å². The topological polar surface area (TPSA) is 81.5 Å². The van der Waals surface area contributed by atoms with Gasteiger partial charge in [-0.1, -0.05) is 0 Å². The molecule has 66 valence electrons. The molecular formula is C7H10N2O3. The zero-order chi connectivity index (χ0) is 8.55. The minimum absolute atomic E-state index is 0.250. The van der Waals surface area contributed by atoms with E-state index in [0.29, 0.717) is 24.0 Å². The lowest BCUT2D eigenvalue weighted by Gasteiger charge is -2.14. The van der Waals surface area contributed by atoms with E-state index in [1.54, 1.807) is 0 Å². The summed E-state index contributed by atoms with van der Waals surface area (Å²) in [7, 11) is 0. The fraction of sp³-hybridized carbons (Fsp3) is 0.571. The van der Waals surface area contributed by atoms with Crippen LogP contribution in [0.15, 0.2) is 4.42 Å². The van der Waals surface area contributed by atoms with E-state index in [0.717, 1.165) is 0 Å². The lowest BCUT2D eigenvalue weighted by Crippen LogP contribution is -2.15. The van der Waals surface area contributed by atoms with Crippen molar-refractivity contribution in [2.24, 2.45) is 5.73 Å². The molecule has 0 aliphatic carbocycles. The van der Waals surface area contributed by atoms with Crippen LogP contribution in [-0.4, -0.2) is 16.7 Å². The first kappa shape index (κ1) is 7.72. The number of fused-ring (bicyclic) bond motifs is 1. The molecule has 1 unspecified atom stereocenters. The number of nitrogens with two attached hydrogens (primary N) is 1. The van der Waals surface area contributed by atoms with Crippen molar-refractivity contribution < 1.29 is 14.3 Å². The van der Waals surface area contributed by atoms with Gasteiger partial charge in [0.25, 0.3) is 0 Å². The molecule has 5 heteroatoms. The summed E-state index contributed by atoms with van der Waals surface area (Å²) < 4.78 is 10.2. The molecule has 0 radical (unpaired) electrons. The van der Waals surface area contributed by atoms with Gasteiger partial charge in [-0.3, -0.25) is 0 Å². The molecule has 0 spiro atoms. The van der Waals surface area contributed by atoms with E-state index in [1.165, 1.54) is 0 Å². The van der Waals surface area contributed by atoms with Crippen molar-refractivity contribution in [1.29, 1.82) is 0 Å². The molecule has 0 bridgehead atoms. The molecule has 3 N–H and O–H groups in total. The van der Waals surface area contributed by atoms with Crippen molar-refractivity contribution in [3.63, 3.8) is 0 Å². The molecule has 1 aliphatic heterocycles. The predicted molar refractivity (Wildman–Crippen MR) is 39.0 cm³/mol. The molecule has 1 aromatic rings. The molecule has 0 saturated carbocycles. The zero-order valence-corrected chi connectivity index (χ0v) is 6.49. The number of aromatic nitrogens is 1. The van der Waals surface area contributed by atoms with E-state index >= 15 is 0 Å². The van der Waals surface area contributed by atoms with E-state index < -0.39 is 6.10 Å². The van der Waals surface area contributed by atoms with Crippen molar-refractivity contribution in [2.45, 2.75) is 19.3 Å². The van der Waals surface area contributed by atoms with Gasteiger partial charge in [-0.25, -0.2) is 4.98 Å². The van der Waals surface area contributed by atoms with Crippen LogP contribution in [0, 0.1) is 0 Å². The monoisotopic (exact) mass is 170 g/mol. The smallest absolute Gasteiger partial charge is 0.208 e. The first-order chi connectivity index (χ1) is 5.81. The van der Waals surface area contributed by atoms with Crippen LogP contribution in [0.1, 0.15) is 23.4 Å². The molecule has 2 heterocycles. The number of hydrogen-bond acceptors (Lipinski definition) is 5. The lowest BCUT2D eigenvalue weighted by molar-refractivity contribution is -0.000873. The van der Waals surface area contributed by atoms with Crippen molar-refractivity contribution in [3.05, 3.63) is 17.3 Å². The second-order valence-corrected chi connectivity index (χ2v) is 2.65. The number of hydrogen-bond donors (Lipinski definition) is 2. The Labute approximate surface area is 69.1 Å². The highest BCUT2D eigenvalue weighted by Gasteiger charge is 2.24. The highest BCUT2D eigenvalue weighted by Crippen LogP contribution is 2.24. The second kappa shape index (κ2) is 2.85. The van der Waals surface area contributed by atoms with Crippen molar-refractivity contribution in [3.8, 4) is 0 Å². The quantitative estimate of drug-likeness (QED) is 0.604. The third-order valence-corrected chi connectivity index (χ3v) is 1.77. The summed E-state index contributed by atoms with van der Waals surface area (Å²) in [5.74, 6) is 1.04. The first-order valence-corrected chi connectivity index (χ1v) is 3.75. The maximum absolute atomic E-state index is 9.38. The summed E-state index contributed by atoms with van der Waals surface area (Å²) in [6.07, 6.45) is -0.669. The summed E-state index contributed by atoms with van der Waals surface area (Å²) in [6, 6.07) is 0. The Morgan fingerprint density at radius 2 is 2.50 bits per heavy atom. The van der Waals surface area contributed by atoms with Gasteiger partial charge in [0.15, 0.2) is 5.76 Å². The number of oxazole rings is 1. The van der Waals surface area contributed by atoms with Gasteiger partial charge in [0.1, 0.15) is 18.4 Å². The number of nitrogens with zero attached hydrogens (tertiary/aromatic N) is 1. The van der Waals surface area contributed by atoms with Crippen LogP contribution in [0.3, 0.4) is 0 Å². The third kappa shape index (κ3) is 1.12. The molecule has 0 amide bonds. The standard InChI is InChI=1S/C7H10N2O3/c8-1-6-9-7-4(10)2-11-3-5(7)12-6/h4,10H,1-3,8H2. The SMILES string of the molecule is NCc1nc2c(o1)COCC2O. The van der Waals surface area contributed by atoms with Crippen LogP contribution in [-0.2, 0) is 17.9 Å². The normalized spacial score (nSPS) is 22.3. The van der Waals surface area contributed by atoms with Crippen molar-refractivity contribution in [2.75, 3.05) is 6.61 Å². The molecule has 5 nitrogen and oxygen atoms in total. The Morgan fingerprint density at radius 1 is 1.67 bits per heavy atom. The molecule has 12 heavy (non-hydrogen) atoms. The highest BCUT2D eigenvalue weighted by molar-refractivity contribution is 5.14. The molecule has 0 saturated heterocycles. The Balaban J connectivity index is 2.37. The molecule has 2 rings (SSSR count). The van der Waals surface area contributed by atoms with Crippen LogP contribution in [0.5, 0.6) is 0 Å². The summed E-state index contributed by atoms with van der Waals surface area (Å²) in [4.78, 5) is 4.03. The van der Waals surface area contributed by atoms with E-state index in [-0.39, 0.29) is 13.2 Å². The Morgan fingerprint density at radius 3 is 3.17 bits per heavy atom. The summed E-state index contributed by atoms with van der Waals surface area (Å²) in [6.45, 7) is 0.905. The molecule has 1 atom stereocenters. The minimum atomic E-state index is -0.669. The van der Waals surface area contributed by atoms with Crippen molar-refractivity contribution >= 4 is 0 Å². The van der Waals surface area contributed by atoms with Gasteiger partial charge in [0.05, 0.1) is 13.2 Å². The highest BCUT2D eigenvalue weighted by atomic mass is 16.5. The van der Waals surface area contributed by atoms with Gasteiger partial charge in [-0.2, -0.15) is 0 Å². The fourth-order valence-corrected chi connectivity index (χ4v) is 1.21. The van der Waals surface area contributed by atoms with Crippen LogP contribution in [0.2, 0.25) is 0 Å². The zero-order valence-electron chi connectivity index (χ0n) is 6.49. The van der Waals surface area contributed by atoms with Gasteiger partial charge < -0.3 is 20.0 Å². The number of aliphatic hydroxyl groups excluding tert-OH is 1. The summed E-state index contributed by atoms with van der Waals surface area (Å²) >= 11 is 0. The predicted octanol–water partition coefficient (Wildman–Crippen LogP) is -0.303. The largest absolute Gasteiger partial charge is 0.441 e. The molecule has 0 fully saturated rings. The van der Waals surface area contributed by atoms with Crippen LogP contribution in [0.4, 0.5) is 0 Å². The molecular weight excluding hydrogens is 160 g/mol. The van der Waals surface area contributed by atoms with E-state index in [4.69, 9.17) is 14.9 Å². The molecule has 1 aromatic heterocycles. The summed E-state index contributed by atoms with van der Waals surface area (Å²) in [5, 5.41) is 9.38. The Bertz CT molecular complexity index is 284. The maximum Gasteiger partial charge on any atom is 0.208 e. The number of aliphatic hydroxyl groups is 1. The van der Waals surface area contributed by atoms with Crippen molar-refractivity contribution in [1.82, 2.24) is 4.98 Å². The van der Waals surface area contributed by atoms with Crippen LogP contribution < -0.4 is 5.73 Å². The first-order valence-electron chi connectivity index (χ1n) is 3.75. The number of rotatable bonds is 1. The van der Waals surface area contributed by atoms with Gasteiger partial charge in [-0.15, -0.1) is 0 Å². The van der Waals surface area contributed by atoms with Gasteiger partial charge in [0.2, 0.25) is 5.89 Å². The van der Waals surface area contributed by atoms with Gasteiger partial charge in [0, 0.05) is 0 Å². The minimum Gasteiger partial charge on any atom is -0.441 e. The lowest BCUT2D eigenvalue weighted by atomic mass is 10.2. The molecule has 0 aromatic carbocycles. The van der Waals surface area contributed by atoms with Crippen LogP contribution >= 0.6 is 0 Å². The Hall–Kier alpha value is -0.910. The van der Waals surface area contributed by atoms with Crippen LogP contribution in [0.25, 0.3) is 0 Å².